The molecule has 1 aliphatic carbocycles. The summed E-state index contributed by atoms with van der Waals surface area (Å²) in [5, 5.41) is -0.187. The summed E-state index contributed by atoms with van der Waals surface area (Å²) in [6.45, 7) is 0. The van der Waals surface area contributed by atoms with E-state index in [2.05, 4.69) is 9.97 Å². The first kappa shape index (κ1) is 16.6. The van der Waals surface area contributed by atoms with E-state index in [4.69, 9.17) is 0 Å². The molecule has 0 bridgehead atoms. The second-order valence-corrected chi connectivity index (χ2v) is 6.33. The molecule has 0 atom stereocenters. The van der Waals surface area contributed by atoms with Gasteiger partial charge >= 0.3 is 11.9 Å². The van der Waals surface area contributed by atoms with Crippen LogP contribution >= 0.6 is 0 Å². The van der Waals surface area contributed by atoms with Crippen molar-refractivity contribution in [2.75, 3.05) is 0 Å². The number of alkyl halides is 3. The summed E-state index contributed by atoms with van der Waals surface area (Å²) >= 11 is 0. The van der Waals surface area contributed by atoms with E-state index in [9.17, 15) is 22.8 Å². The molecule has 0 radical (unpaired) electrons. The second-order valence-electron chi connectivity index (χ2n) is 6.33. The van der Waals surface area contributed by atoms with E-state index in [1.54, 1.807) is 6.20 Å². The minimum atomic E-state index is -4.57. The zero-order chi connectivity index (χ0) is 18.5. The molecule has 4 rings (SSSR count). The number of nitrogens with one attached hydrogen (secondary N) is 1. The molecular formula is C18H14F3N3O2. The van der Waals surface area contributed by atoms with E-state index in [1.807, 2.05) is 0 Å². The molecule has 3 aromatic rings. The first-order valence-electron chi connectivity index (χ1n) is 8.18. The van der Waals surface area contributed by atoms with E-state index in [1.165, 1.54) is 6.20 Å². The van der Waals surface area contributed by atoms with Crippen molar-refractivity contribution in [3.63, 3.8) is 0 Å². The number of halogens is 3. The average molecular weight is 361 g/mol. The van der Waals surface area contributed by atoms with E-state index in [-0.39, 0.29) is 10.9 Å². The lowest BCUT2D eigenvalue weighted by Crippen LogP contribution is -2.35. The molecule has 0 saturated carbocycles. The Balaban J connectivity index is 2.03. The van der Waals surface area contributed by atoms with Crippen molar-refractivity contribution in [1.29, 1.82) is 0 Å². The number of hydrogen-bond acceptors (Lipinski definition) is 3. The predicted octanol–water partition coefficient (Wildman–Crippen LogP) is 2.97. The fourth-order valence-corrected chi connectivity index (χ4v) is 3.44. The lowest BCUT2D eigenvalue weighted by molar-refractivity contribution is -0.137. The third-order valence-electron chi connectivity index (χ3n) is 4.71. The number of fused-ring (bicyclic) bond motifs is 2. The quantitative estimate of drug-likeness (QED) is 0.725. The van der Waals surface area contributed by atoms with Crippen molar-refractivity contribution >= 4 is 10.9 Å². The van der Waals surface area contributed by atoms with Gasteiger partial charge in [0.05, 0.1) is 28.4 Å². The number of H-pyrrole nitrogens is 1. The van der Waals surface area contributed by atoms with Gasteiger partial charge in [0.15, 0.2) is 0 Å². The van der Waals surface area contributed by atoms with Gasteiger partial charge in [-0.05, 0) is 55.0 Å². The number of benzene rings is 1. The number of aryl methyl sites for hydroxylation is 1. The van der Waals surface area contributed by atoms with Crippen LogP contribution in [-0.4, -0.2) is 14.5 Å². The van der Waals surface area contributed by atoms with Gasteiger partial charge < -0.3 is 4.98 Å². The maximum Gasteiger partial charge on any atom is 0.416 e. The van der Waals surface area contributed by atoms with Gasteiger partial charge in [-0.15, -0.1) is 0 Å². The van der Waals surface area contributed by atoms with Crippen molar-refractivity contribution in [1.82, 2.24) is 14.5 Å². The summed E-state index contributed by atoms with van der Waals surface area (Å²) in [5.74, 6) is 0. The van der Waals surface area contributed by atoms with Crippen LogP contribution in [0.5, 0.6) is 0 Å². The Morgan fingerprint density at radius 3 is 2.62 bits per heavy atom. The Morgan fingerprint density at radius 1 is 1.08 bits per heavy atom. The maximum atomic E-state index is 13.0. The molecule has 0 amide bonds. The molecule has 0 saturated heterocycles. The molecule has 26 heavy (non-hydrogen) atoms. The topological polar surface area (TPSA) is 67.8 Å². The average Bonchev–Trinajstić information content (AvgIpc) is 2.61. The largest absolute Gasteiger partial charge is 0.416 e. The minimum absolute atomic E-state index is 0.0713. The predicted molar refractivity (Wildman–Crippen MR) is 89.6 cm³/mol. The molecule has 2 aromatic heterocycles. The monoisotopic (exact) mass is 361 g/mol. The summed E-state index contributed by atoms with van der Waals surface area (Å²) in [6.07, 6.45) is 1.96. The minimum Gasteiger partial charge on any atom is -0.306 e. The standard InChI is InChI=1S/C18H14F3N3O2/c19-18(20,21)11-5-6-14-13(7-11)16(25)24(17(26)23-14)15-9-22-8-10-3-1-2-4-12(10)15/h5-9H,1-4H2,(H,23,26). The first-order chi connectivity index (χ1) is 12.4. The van der Waals surface area contributed by atoms with Gasteiger partial charge in [0.1, 0.15) is 0 Å². The normalized spacial score (nSPS) is 14.4. The number of hydrogen-bond donors (Lipinski definition) is 1. The lowest BCUT2D eigenvalue weighted by atomic mass is 9.92. The number of aromatic amines is 1. The van der Waals surface area contributed by atoms with E-state index in [0.29, 0.717) is 12.1 Å². The molecule has 0 aliphatic heterocycles. The Hall–Kier alpha value is -2.90. The van der Waals surface area contributed by atoms with Crippen LogP contribution in [0.2, 0.25) is 0 Å². The van der Waals surface area contributed by atoms with Gasteiger partial charge in [-0.1, -0.05) is 0 Å². The fourth-order valence-electron chi connectivity index (χ4n) is 3.44. The summed E-state index contributed by atoms with van der Waals surface area (Å²) in [4.78, 5) is 31.9. The second kappa shape index (κ2) is 5.82. The Kier molecular flexibility index (Phi) is 3.71. The van der Waals surface area contributed by atoms with Gasteiger partial charge in [0.2, 0.25) is 0 Å². The number of rotatable bonds is 1. The van der Waals surface area contributed by atoms with Crippen LogP contribution in [0.25, 0.3) is 16.6 Å². The molecule has 5 nitrogen and oxygen atoms in total. The lowest BCUT2D eigenvalue weighted by Gasteiger charge is -2.19. The van der Waals surface area contributed by atoms with Gasteiger partial charge in [0.25, 0.3) is 5.56 Å². The highest BCUT2D eigenvalue weighted by Gasteiger charge is 2.31. The van der Waals surface area contributed by atoms with Crippen LogP contribution in [0.15, 0.2) is 40.2 Å². The Labute approximate surface area is 145 Å². The van der Waals surface area contributed by atoms with Crippen LogP contribution in [0.3, 0.4) is 0 Å². The fraction of sp³-hybridized carbons (Fsp3) is 0.278. The van der Waals surface area contributed by atoms with Gasteiger partial charge in [-0.2, -0.15) is 13.2 Å². The highest BCUT2D eigenvalue weighted by Crippen LogP contribution is 2.30. The van der Waals surface area contributed by atoms with Crippen molar-refractivity contribution in [2.45, 2.75) is 31.9 Å². The molecule has 8 heteroatoms. The summed E-state index contributed by atoms with van der Waals surface area (Å²) < 4.78 is 39.8. The van der Waals surface area contributed by atoms with Crippen LogP contribution < -0.4 is 11.2 Å². The van der Waals surface area contributed by atoms with Crippen molar-refractivity contribution in [3.8, 4) is 5.69 Å². The smallest absolute Gasteiger partial charge is 0.306 e. The third kappa shape index (κ3) is 2.61. The summed E-state index contributed by atoms with van der Waals surface area (Å²) in [6, 6.07) is 2.71. The van der Waals surface area contributed by atoms with E-state index < -0.39 is 23.0 Å². The molecule has 2 heterocycles. The van der Waals surface area contributed by atoms with Crippen LogP contribution in [-0.2, 0) is 19.0 Å². The van der Waals surface area contributed by atoms with Crippen molar-refractivity contribution in [2.24, 2.45) is 0 Å². The van der Waals surface area contributed by atoms with E-state index in [0.717, 1.165) is 53.2 Å². The SMILES string of the molecule is O=c1[nH]c2ccc(C(F)(F)F)cc2c(=O)n1-c1cncc2c1CCCC2. The third-order valence-corrected chi connectivity index (χ3v) is 4.71. The Bertz CT molecular complexity index is 1130. The molecule has 1 aliphatic rings. The highest BCUT2D eigenvalue weighted by molar-refractivity contribution is 5.78. The zero-order valence-electron chi connectivity index (χ0n) is 13.6. The number of pyridine rings is 1. The number of aromatic nitrogens is 3. The van der Waals surface area contributed by atoms with Crippen molar-refractivity contribution in [3.05, 3.63) is 68.1 Å². The molecule has 134 valence electrons. The van der Waals surface area contributed by atoms with Crippen LogP contribution in [0.4, 0.5) is 13.2 Å². The zero-order valence-corrected chi connectivity index (χ0v) is 13.6. The molecular weight excluding hydrogens is 347 g/mol. The van der Waals surface area contributed by atoms with E-state index >= 15 is 0 Å². The summed E-state index contributed by atoms with van der Waals surface area (Å²) in [5.41, 5.74) is -0.184. The molecule has 1 N–H and O–H groups in total. The first-order valence-corrected chi connectivity index (χ1v) is 8.18. The molecule has 0 fully saturated rings. The Morgan fingerprint density at radius 2 is 1.85 bits per heavy atom. The van der Waals surface area contributed by atoms with Crippen molar-refractivity contribution < 1.29 is 13.2 Å². The molecule has 0 spiro atoms. The highest BCUT2D eigenvalue weighted by atomic mass is 19.4. The van der Waals surface area contributed by atoms with Gasteiger partial charge in [-0.25, -0.2) is 9.36 Å². The van der Waals surface area contributed by atoms with Crippen LogP contribution in [0.1, 0.15) is 29.5 Å². The number of nitrogens with zero attached hydrogens (tertiary/aromatic N) is 2. The van der Waals surface area contributed by atoms with Crippen LogP contribution in [0, 0.1) is 0 Å². The molecule has 1 aromatic carbocycles. The summed E-state index contributed by atoms with van der Waals surface area (Å²) in [7, 11) is 0. The molecule has 0 unspecified atom stereocenters. The van der Waals surface area contributed by atoms with Gasteiger partial charge in [0, 0.05) is 6.20 Å². The van der Waals surface area contributed by atoms with Gasteiger partial charge in [-0.3, -0.25) is 9.78 Å². The maximum absolute atomic E-state index is 13.0.